The Kier molecular flexibility index (Phi) is 6.24. The van der Waals surface area contributed by atoms with E-state index in [2.05, 4.69) is 5.32 Å². The molecule has 0 radical (unpaired) electrons. The quantitative estimate of drug-likeness (QED) is 0.588. The number of β-lactam (4-membered cyclic amide) rings is 1. The van der Waals surface area contributed by atoms with E-state index in [0.717, 1.165) is 0 Å². The predicted molar refractivity (Wildman–Crippen MR) is 88.7 cm³/mol. The van der Waals surface area contributed by atoms with Crippen LogP contribution in [0.1, 0.15) is 18.5 Å². The molecule has 0 aliphatic carbocycles. The van der Waals surface area contributed by atoms with Gasteiger partial charge in [-0.1, -0.05) is 30.3 Å². The molecular weight excluding hydrogens is 421 g/mol. The van der Waals surface area contributed by atoms with Gasteiger partial charge in [-0.05, 0) is 18.1 Å². The Balaban J connectivity index is 0.00000225. The Hall–Kier alpha value is -1.44. The number of thioether (sulfide) groups is 1. The number of amides is 2. The van der Waals surface area contributed by atoms with Crippen molar-refractivity contribution in [1.82, 2.24) is 10.2 Å². The average Bonchev–Trinajstić information content (AvgIpc) is 2.59. The van der Waals surface area contributed by atoms with Crippen molar-refractivity contribution in [3.8, 4) is 0 Å². The van der Waals surface area contributed by atoms with E-state index in [9.17, 15) is 19.5 Å². The van der Waals surface area contributed by atoms with Crippen LogP contribution in [0.25, 0.3) is 0 Å². The molecule has 4 N–H and O–H groups in total. The van der Waals surface area contributed by atoms with Crippen LogP contribution in [0, 0.1) is 0 Å². The molecule has 0 aromatic heterocycles. The largest absolute Gasteiger partial charge is 0.477 e. The van der Waals surface area contributed by atoms with E-state index in [1.807, 2.05) is 6.07 Å². The van der Waals surface area contributed by atoms with Crippen LogP contribution in [0.3, 0.4) is 0 Å². The number of carbonyl (C=O) groups excluding carboxylic acids is 2. The van der Waals surface area contributed by atoms with Gasteiger partial charge in [0.05, 0.1) is 0 Å². The fourth-order valence-electron chi connectivity index (χ4n) is 2.83. The van der Waals surface area contributed by atoms with Crippen molar-refractivity contribution in [3.63, 3.8) is 0 Å². The number of nitrogens with two attached hydrogens (primary N) is 1. The minimum Gasteiger partial charge on any atom is -0.477 e. The second kappa shape index (κ2) is 7.85. The average molecular weight is 439 g/mol. The molecule has 0 bridgehead atoms. The zero-order chi connectivity index (χ0) is 17.4. The van der Waals surface area contributed by atoms with Crippen molar-refractivity contribution in [2.75, 3.05) is 5.75 Å². The number of carbonyl (C=O) groups is 3. The molecule has 3 rings (SSSR count). The number of aliphatic carboxylic acids is 1. The first-order valence-electron chi connectivity index (χ1n) is 7.40. The second-order valence-corrected chi connectivity index (χ2v) is 6.82. The van der Waals surface area contributed by atoms with Crippen LogP contribution < -0.4 is 11.1 Å². The molecule has 1 aromatic carbocycles. The molecule has 1 saturated heterocycles. The molecule has 0 unspecified atom stereocenters. The molecule has 0 saturated carbocycles. The zero-order valence-electron chi connectivity index (χ0n) is 13.4. The maximum Gasteiger partial charge on any atom is 0.352 e. The maximum absolute atomic E-state index is 12.3. The second-order valence-electron chi connectivity index (χ2n) is 5.72. The summed E-state index contributed by atoms with van der Waals surface area (Å²) in [5.74, 6) is -1.50. The van der Waals surface area contributed by atoms with Crippen molar-refractivity contribution >= 4 is 29.5 Å². The summed E-state index contributed by atoms with van der Waals surface area (Å²) in [7, 11) is 0. The number of nitrogens with one attached hydrogen (secondary N) is 1. The topological polar surface area (TPSA) is 113 Å². The van der Waals surface area contributed by atoms with E-state index in [1.54, 1.807) is 31.2 Å². The van der Waals surface area contributed by atoms with Crippen molar-refractivity contribution < 1.29 is 45.7 Å². The third-order valence-corrected chi connectivity index (χ3v) is 5.52. The Bertz CT molecular complexity index is 740. The van der Waals surface area contributed by atoms with Crippen LogP contribution in [0.2, 0.25) is 0 Å². The summed E-state index contributed by atoms with van der Waals surface area (Å²) >= 11 is 1.43. The number of carboxylic acid groups (broad SMARTS) is 1. The molecule has 1 aromatic rings. The monoisotopic (exact) mass is 437 g/mol. The number of benzene rings is 1. The molecule has 2 heterocycles. The van der Waals surface area contributed by atoms with Crippen LogP contribution in [0.15, 0.2) is 41.6 Å². The molecule has 9 heteroatoms. The van der Waals surface area contributed by atoms with Gasteiger partial charge in [0.2, 0.25) is 5.91 Å². The minimum atomic E-state index is -1.13. The number of carboxylic acids is 1. The predicted octanol–water partition coefficient (Wildman–Crippen LogP) is 0.442. The smallest absolute Gasteiger partial charge is 0.352 e. The van der Waals surface area contributed by atoms with Gasteiger partial charge in [0.15, 0.2) is 0 Å². The Morgan fingerprint density at radius 2 is 2.00 bits per heavy atom. The Labute approximate surface area is 168 Å². The zero-order valence-corrected chi connectivity index (χ0v) is 16.7. The van der Waals surface area contributed by atoms with Crippen LogP contribution in [0.5, 0.6) is 0 Å². The van der Waals surface area contributed by atoms with Crippen LogP contribution in [0.4, 0.5) is 0 Å². The van der Waals surface area contributed by atoms with Gasteiger partial charge in [-0.3, -0.25) is 14.5 Å². The van der Waals surface area contributed by atoms with Gasteiger partial charge < -0.3 is 16.2 Å². The van der Waals surface area contributed by atoms with Crippen LogP contribution in [-0.2, 0) is 40.6 Å². The number of rotatable bonds is 4. The first kappa shape index (κ1) is 19.9. The van der Waals surface area contributed by atoms with E-state index in [-0.39, 0.29) is 31.9 Å². The molecule has 1 fully saturated rings. The van der Waals surface area contributed by atoms with Gasteiger partial charge in [-0.15, -0.1) is 11.8 Å². The van der Waals surface area contributed by atoms with Crippen molar-refractivity contribution in [3.05, 3.63) is 47.2 Å². The van der Waals surface area contributed by atoms with E-state index in [1.165, 1.54) is 16.7 Å². The van der Waals surface area contributed by atoms with Gasteiger partial charge in [-0.25, -0.2) is 4.79 Å². The number of nitrogens with zero attached hydrogens (tertiary/aromatic N) is 1. The van der Waals surface area contributed by atoms with Gasteiger partial charge >= 0.3 is 5.97 Å². The number of hydrogen-bond acceptors (Lipinski definition) is 5. The molecular formula is C16H17N3O4SZr. The molecule has 0 spiro atoms. The summed E-state index contributed by atoms with van der Waals surface area (Å²) in [5, 5.41) is 11.5. The Morgan fingerprint density at radius 1 is 1.36 bits per heavy atom. The van der Waals surface area contributed by atoms with E-state index < -0.39 is 35.2 Å². The summed E-state index contributed by atoms with van der Waals surface area (Å²) in [5.41, 5.74) is 7.24. The summed E-state index contributed by atoms with van der Waals surface area (Å²) in [4.78, 5) is 37.2. The molecule has 130 valence electrons. The van der Waals surface area contributed by atoms with Crippen LogP contribution >= 0.6 is 11.8 Å². The SMILES string of the molecule is CC1=C(C(=O)O)N2C(=O)[C@@H](NC(=O)[C@H](N)c3ccccc3)[C@H]2SC1.[Zr]. The molecule has 2 aliphatic rings. The molecule has 7 nitrogen and oxygen atoms in total. The summed E-state index contributed by atoms with van der Waals surface area (Å²) < 4.78 is 0. The van der Waals surface area contributed by atoms with Gasteiger partial charge in [0.1, 0.15) is 23.2 Å². The minimum absolute atomic E-state index is 0. The standard InChI is InChI=1S/C16H17N3O4S.Zr/c1-8-7-24-15-11(14(21)19(15)12(8)16(22)23)18-13(20)10(17)9-5-3-2-4-6-9;/h2-6,10-11,15H,7,17H2,1H3,(H,18,20)(H,22,23);/t10-,11-,15-;/m1./s1. The van der Waals surface area contributed by atoms with Crippen LogP contribution in [-0.4, -0.2) is 45.0 Å². The van der Waals surface area contributed by atoms with E-state index in [4.69, 9.17) is 5.73 Å². The first-order valence-corrected chi connectivity index (χ1v) is 8.45. The normalized spacial score (nSPS) is 23.1. The van der Waals surface area contributed by atoms with Gasteiger partial charge in [0.25, 0.3) is 5.91 Å². The third-order valence-electron chi connectivity index (χ3n) is 4.10. The molecule has 25 heavy (non-hydrogen) atoms. The van der Waals surface area contributed by atoms with Crippen molar-refractivity contribution in [2.24, 2.45) is 5.73 Å². The fourth-order valence-corrected chi connectivity index (χ4v) is 4.12. The van der Waals surface area contributed by atoms with E-state index in [0.29, 0.717) is 16.9 Å². The third kappa shape index (κ3) is 3.59. The summed E-state index contributed by atoms with van der Waals surface area (Å²) in [6, 6.07) is 7.23. The summed E-state index contributed by atoms with van der Waals surface area (Å²) in [6.45, 7) is 1.69. The first-order chi connectivity index (χ1) is 11.4. The Morgan fingerprint density at radius 3 is 2.60 bits per heavy atom. The summed E-state index contributed by atoms with van der Waals surface area (Å²) in [6.07, 6.45) is 0. The molecule has 3 atom stereocenters. The molecule has 2 aliphatic heterocycles. The molecule has 2 amide bonds. The van der Waals surface area contributed by atoms with E-state index >= 15 is 0 Å². The van der Waals surface area contributed by atoms with Gasteiger partial charge in [-0.2, -0.15) is 0 Å². The number of hydrogen-bond donors (Lipinski definition) is 3. The van der Waals surface area contributed by atoms with Gasteiger partial charge in [0, 0.05) is 32.0 Å². The maximum atomic E-state index is 12.3. The number of fused-ring (bicyclic) bond motifs is 1. The van der Waals surface area contributed by atoms with Crippen molar-refractivity contribution in [1.29, 1.82) is 0 Å². The van der Waals surface area contributed by atoms with Crippen molar-refractivity contribution in [2.45, 2.75) is 24.4 Å². The fraction of sp³-hybridized carbons (Fsp3) is 0.312.